The van der Waals surface area contributed by atoms with Crippen molar-refractivity contribution in [2.75, 3.05) is 13.6 Å². The summed E-state index contributed by atoms with van der Waals surface area (Å²) in [5.41, 5.74) is 0. The van der Waals surface area contributed by atoms with E-state index in [-0.39, 0.29) is 0 Å². The molecule has 0 atom stereocenters. The van der Waals surface area contributed by atoms with Gasteiger partial charge in [-0.05, 0) is 32.9 Å². The third kappa shape index (κ3) is 3.66. The summed E-state index contributed by atoms with van der Waals surface area (Å²) in [6.45, 7) is 2.12. The van der Waals surface area contributed by atoms with Gasteiger partial charge in [0.2, 0.25) is 0 Å². The Bertz CT molecular complexity index is 338. The molecule has 17 heavy (non-hydrogen) atoms. The van der Waals surface area contributed by atoms with E-state index in [1.165, 1.54) is 0 Å². The van der Waals surface area contributed by atoms with E-state index in [2.05, 4.69) is 21.5 Å². The van der Waals surface area contributed by atoms with Gasteiger partial charge in [0.15, 0.2) is 0 Å². The van der Waals surface area contributed by atoms with Crippen molar-refractivity contribution in [3.05, 3.63) is 18.7 Å². The lowest BCUT2D eigenvalue weighted by Gasteiger charge is -2.30. The average molecular weight is 235 g/mol. The maximum absolute atomic E-state index is 11.2. The molecule has 0 bridgehead atoms. The Morgan fingerprint density at radius 1 is 1.47 bits per heavy atom. The number of hydrogen-bond acceptors (Lipinski definition) is 3. The van der Waals surface area contributed by atoms with Crippen LogP contribution in [0.1, 0.15) is 32.1 Å². The third-order valence-corrected chi connectivity index (χ3v) is 3.62. The van der Waals surface area contributed by atoms with E-state index >= 15 is 0 Å². The molecule has 94 valence electrons. The standard InChI is InChI=1S/C13H21N3O/c1-15(12-3-5-13(17)6-4-12)8-2-9-16-10-7-14-11-16/h7,10-12H,2-6,8-9H2,1H3. The molecule has 1 heterocycles. The first-order valence-electron chi connectivity index (χ1n) is 6.43. The van der Waals surface area contributed by atoms with Crippen LogP contribution in [0, 0.1) is 0 Å². The molecular formula is C13H21N3O. The predicted octanol–water partition coefficient (Wildman–Crippen LogP) is 1.72. The van der Waals surface area contributed by atoms with Crippen LogP contribution in [0.25, 0.3) is 0 Å². The molecule has 0 spiro atoms. The zero-order valence-electron chi connectivity index (χ0n) is 10.5. The van der Waals surface area contributed by atoms with E-state index in [0.29, 0.717) is 11.8 Å². The van der Waals surface area contributed by atoms with Gasteiger partial charge in [-0.2, -0.15) is 0 Å². The third-order valence-electron chi connectivity index (χ3n) is 3.62. The summed E-state index contributed by atoms with van der Waals surface area (Å²) in [5, 5.41) is 0. The molecule has 0 radical (unpaired) electrons. The summed E-state index contributed by atoms with van der Waals surface area (Å²) in [6, 6.07) is 0.607. The van der Waals surface area contributed by atoms with Gasteiger partial charge in [-0.1, -0.05) is 0 Å². The Balaban J connectivity index is 1.66. The van der Waals surface area contributed by atoms with Crippen LogP contribution in [0.4, 0.5) is 0 Å². The Hall–Kier alpha value is -1.16. The topological polar surface area (TPSA) is 38.1 Å². The average Bonchev–Trinajstić information content (AvgIpc) is 2.83. The van der Waals surface area contributed by atoms with Gasteiger partial charge in [-0.15, -0.1) is 0 Å². The second kappa shape index (κ2) is 5.96. The van der Waals surface area contributed by atoms with Crippen molar-refractivity contribution in [1.82, 2.24) is 14.5 Å². The van der Waals surface area contributed by atoms with E-state index in [1.807, 2.05) is 18.7 Å². The fourth-order valence-electron chi connectivity index (χ4n) is 2.47. The predicted molar refractivity (Wildman–Crippen MR) is 66.7 cm³/mol. The number of rotatable bonds is 5. The highest BCUT2D eigenvalue weighted by Gasteiger charge is 2.21. The molecule has 0 unspecified atom stereocenters. The van der Waals surface area contributed by atoms with E-state index in [1.54, 1.807) is 0 Å². The number of hydrogen-bond donors (Lipinski definition) is 0. The van der Waals surface area contributed by atoms with Crippen molar-refractivity contribution in [1.29, 1.82) is 0 Å². The van der Waals surface area contributed by atoms with E-state index < -0.39 is 0 Å². The summed E-state index contributed by atoms with van der Waals surface area (Å²) in [7, 11) is 2.17. The maximum atomic E-state index is 11.2. The largest absolute Gasteiger partial charge is 0.337 e. The number of nitrogens with zero attached hydrogens (tertiary/aromatic N) is 3. The van der Waals surface area contributed by atoms with Crippen molar-refractivity contribution in [2.24, 2.45) is 0 Å². The Morgan fingerprint density at radius 3 is 2.88 bits per heavy atom. The smallest absolute Gasteiger partial charge is 0.133 e. The highest BCUT2D eigenvalue weighted by atomic mass is 16.1. The van der Waals surface area contributed by atoms with Crippen molar-refractivity contribution < 1.29 is 4.79 Å². The van der Waals surface area contributed by atoms with E-state index in [4.69, 9.17) is 0 Å². The number of imidazole rings is 1. The SMILES string of the molecule is CN(CCCn1ccnc1)C1CCC(=O)CC1. The first kappa shape index (κ1) is 12.3. The summed E-state index contributed by atoms with van der Waals surface area (Å²) in [6.07, 6.45) is 10.4. The fourth-order valence-corrected chi connectivity index (χ4v) is 2.47. The van der Waals surface area contributed by atoms with Gasteiger partial charge in [-0.3, -0.25) is 4.79 Å². The normalized spacial score (nSPS) is 17.9. The molecule has 0 amide bonds. The minimum atomic E-state index is 0.438. The first-order chi connectivity index (χ1) is 8.25. The van der Waals surface area contributed by atoms with Crippen LogP contribution in [0.3, 0.4) is 0 Å². The number of carbonyl (C=O) groups excluding carboxylic acids is 1. The van der Waals surface area contributed by atoms with Crippen molar-refractivity contribution >= 4 is 5.78 Å². The Morgan fingerprint density at radius 2 is 2.24 bits per heavy atom. The fraction of sp³-hybridized carbons (Fsp3) is 0.692. The van der Waals surface area contributed by atoms with Gasteiger partial charge < -0.3 is 9.47 Å². The molecule has 0 saturated heterocycles. The van der Waals surface area contributed by atoms with Gasteiger partial charge >= 0.3 is 0 Å². The monoisotopic (exact) mass is 235 g/mol. The quantitative estimate of drug-likeness (QED) is 0.780. The number of carbonyl (C=O) groups is 1. The summed E-state index contributed by atoms with van der Waals surface area (Å²) in [4.78, 5) is 17.6. The zero-order chi connectivity index (χ0) is 12.1. The zero-order valence-corrected chi connectivity index (χ0v) is 10.5. The van der Waals surface area contributed by atoms with Crippen LogP contribution in [0.15, 0.2) is 18.7 Å². The summed E-state index contributed by atoms with van der Waals surface area (Å²) in [5.74, 6) is 0.438. The summed E-state index contributed by atoms with van der Waals surface area (Å²) >= 11 is 0. The molecular weight excluding hydrogens is 214 g/mol. The molecule has 2 rings (SSSR count). The lowest BCUT2D eigenvalue weighted by Crippen LogP contribution is -2.36. The first-order valence-corrected chi connectivity index (χ1v) is 6.43. The van der Waals surface area contributed by atoms with Crippen LogP contribution in [-0.4, -0.2) is 39.9 Å². The van der Waals surface area contributed by atoms with E-state index in [9.17, 15) is 4.79 Å². The molecule has 1 aliphatic carbocycles. The molecule has 1 saturated carbocycles. The molecule has 4 heteroatoms. The van der Waals surface area contributed by atoms with Crippen molar-refractivity contribution in [3.63, 3.8) is 0 Å². The molecule has 1 aromatic heterocycles. The minimum Gasteiger partial charge on any atom is -0.337 e. The Kier molecular flexibility index (Phi) is 4.31. The number of aromatic nitrogens is 2. The van der Waals surface area contributed by atoms with Gasteiger partial charge in [-0.25, -0.2) is 4.98 Å². The highest BCUT2D eigenvalue weighted by Crippen LogP contribution is 2.19. The summed E-state index contributed by atoms with van der Waals surface area (Å²) < 4.78 is 2.11. The van der Waals surface area contributed by atoms with E-state index in [0.717, 1.165) is 45.2 Å². The number of Topliss-reactive ketones (excluding diaryl/α,β-unsaturated/α-hetero) is 1. The molecule has 0 aromatic carbocycles. The van der Waals surface area contributed by atoms with Crippen LogP contribution >= 0.6 is 0 Å². The van der Waals surface area contributed by atoms with Gasteiger partial charge in [0.05, 0.1) is 6.33 Å². The second-order valence-corrected chi connectivity index (χ2v) is 4.90. The molecule has 0 N–H and O–H groups in total. The molecule has 0 aliphatic heterocycles. The molecule has 1 aromatic rings. The lowest BCUT2D eigenvalue weighted by molar-refractivity contribution is -0.121. The van der Waals surface area contributed by atoms with Gasteiger partial charge in [0, 0.05) is 37.8 Å². The maximum Gasteiger partial charge on any atom is 0.133 e. The van der Waals surface area contributed by atoms with Crippen LogP contribution in [-0.2, 0) is 11.3 Å². The Labute approximate surface area is 103 Å². The highest BCUT2D eigenvalue weighted by molar-refractivity contribution is 5.79. The number of aryl methyl sites for hydroxylation is 1. The van der Waals surface area contributed by atoms with Crippen LogP contribution < -0.4 is 0 Å². The molecule has 1 fully saturated rings. The van der Waals surface area contributed by atoms with Crippen molar-refractivity contribution in [2.45, 2.75) is 44.7 Å². The van der Waals surface area contributed by atoms with Crippen LogP contribution in [0.5, 0.6) is 0 Å². The minimum absolute atomic E-state index is 0.438. The molecule has 1 aliphatic rings. The van der Waals surface area contributed by atoms with Gasteiger partial charge in [0.1, 0.15) is 5.78 Å². The van der Waals surface area contributed by atoms with Crippen LogP contribution in [0.2, 0.25) is 0 Å². The number of ketones is 1. The van der Waals surface area contributed by atoms with Crippen molar-refractivity contribution in [3.8, 4) is 0 Å². The van der Waals surface area contributed by atoms with Gasteiger partial charge in [0.25, 0.3) is 0 Å². The lowest BCUT2D eigenvalue weighted by atomic mass is 9.93. The second-order valence-electron chi connectivity index (χ2n) is 4.90. The molecule has 4 nitrogen and oxygen atoms in total.